The van der Waals surface area contributed by atoms with Crippen molar-refractivity contribution in [2.75, 3.05) is 26.7 Å². The molecule has 166 valence electrons. The first-order chi connectivity index (χ1) is 14.0. The summed E-state index contributed by atoms with van der Waals surface area (Å²) < 4.78 is 34.9. The predicted molar refractivity (Wildman–Crippen MR) is 110 cm³/mol. The van der Waals surface area contributed by atoms with Crippen molar-refractivity contribution in [2.24, 2.45) is 5.92 Å². The first kappa shape index (κ1) is 23.6. The van der Waals surface area contributed by atoms with Gasteiger partial charge in [0.05, 0.1) is 0 Å². The highest BCUT2D eigenvalue weighted by Gasteiger charge is 2.26. The summed E-state index contributed by atoms with van der Waals surface area (Å²) in [7, 11) is 1.69. The van der Waals surface area contributed by atoms with Gasteiger partial charge >= 0.3 is 12.7 Å². The second kappa shape index (κ2) is 10.4. The highest BCUT2D eigenvalue weighted by Crippen LogP contribution is 2.23. The van der Waals surface area contributed by atoms with Gasteiger partial charge in [-0.15, -0.1) is 0 Å². The molecule has 2 rings (SSSR count). The minimum absolute atomic E-state index is 0.0204. The van der Waals surface area contributed by atoms with E-state index in [1.807, 2.05) is 20.8 Å². The molecule has 0 aliphatic carbocycles. The van der Waals surface area contributed by atoms with Crippen molar-refractivity contribution in [3.05, 3.63) is 35.9 Å². The van der Waals surface area contributed by atoms with E-state index < -0.39 is 12.2 Å². The molecule has 1 unspecified atom stereocenters. The lowest BCUT2D eigenvalue weighted by Crippen LogP contribution is -2.44. The van der Waals surface area contributed by atoms with Crippen LogP contribution in [0.1, 0.15) is 39.2 Å². The summed E-state index contributed by atoms with van der Waals surface area (Å²) in [6, 6.07) is 6.31. The second-order valence-corrected chi connectivity index (χ2v) is 8.40. The fraction of sp³-hybridized carbons (Fsp3) is 0.545. The number of rotatable bonds is 6. The van der Waals surface area contributed by atoms with Gasteiger partial charge in [0.1, 0.15) is 11.4 Å². The maximum Gasteiger partial charge on any atom is 0.410 e. The van der Waals surface area contributed by atoms with Crippen molar-refractivity contribution < 1.29 is 27.8 Å². The number of alkyl halides is 2. The zero-order valence-corrected chi connectivity index (χ0v) is 17.9. The number of para-hydroxylation sites is 1. The zero-order chi connectivity index (χ0) is 22.3. The number of nitrogens with zero attached hydrogens (tertiary/aromatic N) is 2. The lowest BCUT2D eigenvalue weighted by molar-refractivity contribution is -0.127. The van der Waals surface area contributed by atoms with Crippen LogP contribution in [0.4, 0.5) is 13.6 Å². The van der Waals surface area contributed by atoms with E-state index in [2.05, 4.69) is 4.74 Å². The van der Waals surface area contributed by atoms with Crippen molar-refractivity contribution in [2.45, 2.75) is 45.8 Å². The van der Waals surface area contributed by atoms with Crippen LogP contribution in [-0.4, -0.2) is 60.7 Å². The Labute approximate surface area is 176 Å². The third-order valence-electron chi connectivity index (χ3n) is 4.61. The van der Waals surface area contributed by atoms with Crippen LogP contribution >= 0.6 is 0 Å². The first-order valence-corrected chi connectivity index (χ1v) is 10.00. The van der Waals surface area contributed by atoms with E-state index in [-0.39, 0.29) is 23.7 Å². The van der Waals surface area contributed by atoms with Gasteiger partial charge in [-0.05, 0) is 51.7 Å². The van der Waals surface area contributed by atoms with Gasteiger partial charge in [-0.25, -0.2) is 4.79 Å². The lowest BCUT2D eigenvalue weighted by atomic mass is 9.97. The molecule has 0 bridgehead atoms. The Bertz CT molecular complexity index is 762. The molecule has 1 heterocycles. The molecule has 1 saturated heterocycles. The molecule has 30 heavy (non-hydrogen) atoms. The number of hydrogen-bond donors (Lipinski definition) is 0. The van der Waals surface area contributed by atoms with Crippen LogP contribution in [-0.2, 0) is 9.53 Å². The number of likely N-dealkylation sites (tertiary alicyclic amines) is 1. The summed E-state index contributed by atoms with van der Waals surface area (Å²) in [4.78, 5) is 28.0. The van der Waals surface area contributed by atoms with Crippen LogP contribution in [0.2, 0.25) is 0 Å². The van der Waals surface area contributed by atoms with Crippen molar-refractivity contribution in [3.8, 4) is 5.75 Å². The van der Waals surface area contributed by atoms with E-state index in [4.69, 9.17) is 4.74 Å². The van der Waals surface area contributed by atoms with Gasteiger partial charge < -0.3 is 19.3 Å². The number of carbonyl (C=O) groups excluding carboxylic acids is 2. The average molecular weight is 424 g/mol. The Balaban J connectivity index is 1.94. The predicted octanol–water partition coefficient (Wildman–Crippen LogP) is 4.41. The molecule has 8 heteroatoms. The average Bonchev–Trinajstić information content (AvgIpc) is 2.65. The molecular formula is C22H30F2N2O4. The van der Waals surface area contributed by atoms with E-state index >= 15 is 0 Å². The highest BCUT2D eigenvalue weighted by atomic mass is 19.3. The molecule has 1 aromatic rings. The number of ether oxygens (including phenoxy) is 2. The van der Waals surface area contributed by atoms with E-state index in [1.54, 1.807) is 30.1 Å². The molecule has 0 spiro atoms. The number of benzene rings is 1. The summed E-state index contributed by atoms with van der Waals surface area (Å²) in [6.45, 7) is 4.15. The van der Waals surface area contributed by atoms with Crippen LogP contribution in [0, 0.1) is 5.92 Å². The molecule has 1 aliphatic rings. The second-order valence-electron chi connectivity index (χ2n) is 8.40. The quantitative estimate of drug-likeness (QED) is 0.635. The van der Waals surface area contributed by atoms with Gasteiger partial charge in [-0.3, -0.25) is 4.79 Å². The van der Waals surface area contributed by atoms with Crippen LogP contribution in [0.5, 0.6) is 5.75 Å². The van der Waals surface area contributed by atoms with Gasteiger partial charge in [-0.1, -0.05) is 18.2 Å². The van der Waals surface area contributed by atoms with Crippen LogP contribution < -0.4 is 4.74 Å². The molecule has 2 amide bonds. The van der Waals surface area contributed by atoms with Crippen molar-refractivity contribution in [1.82, 2.24) is 9.80 Å². The number of halogens is 2. The van der Waals surface area contributed by atoms with Gasteiger partial charge in [0.25, 0.3) is 0 Å². The number of carbonyl (C=O) groups is 2. The fourth-order valence-electron chi connectivity index (χ4n) is 3.30. The van der Waals surface area contributed by atoms with Crippen LogP contribution in [0.25, 0.3) is 6.08 Å². The lowest BCUT2D eigenvalue weighted by Gasteiger charge is -2.34. The third kappa shape index (κ3) is 7.65. The highest BCUT2D eigenvalue weighted by molar-refractivity contribution is 5.92. The van der Waals surface area contributed by atoms with Gasteiger partial charge in [-0.2, -0.15) is 8.78 Å². The Morgan fingerprint density at radius 1 is 1.30 bits per heavy atom. The smallest absolute Gasteiger partial charge is 0.410 e. The van der Waals surface area contributed by atoms with Crippen molar-refractivity contribution in [3.63, 3.8) is 0 Å². The minimum atomic E-state index is -2.93. The Morgan fingerprint density at radius 3 is 2.67 bits per heavy atom. The van der Waals surface area contributed by atoms with E-state index in [0.717, 1.165) is 12.8 Å². The number of piperidine rings is 1. The van der Waals surface area contributed by atoms with Crippen LogP contribution in [0.15, 0.2) is 30.3 Å². The van der Waals surface area contributed by atoms with E-state index in [0.29, 0.717) is 25.2 Å². The standard InChI is InChI=1S/C22H30F2N2O4/c1-22(2,3)30-21(28)25(4)14-16-8-7-13-26(15-16)19(27)12-11-17-9-5-6-10-18(17)29-20(23)24/h5-6,9-12,16,20H,7-8,13-15H2,1-4H3. The molecule has 0 N–H and O–H groups in total. The third-order valence-corrected chi connectivity index (χ3v) is 4.61. The van der Waals surface area contributed by atoms with Crippen LogP contribution in [0.3, 0.4) is 0 Å². The molecular weight excluding hydrogens is 394 g/mol. The zero-order valence-electron chi connectivity index (χ0n) is 17.9. The van der Waals surface area contributed by atoms with E-state index in [9.17, 15) is 18.4 Å². The minimum Gasteiger partial charge on any atom is -0.444 e. The fourth-order valence-corrected chi connectivity index (χ4v) is 3.30. The topological polar surface area (TPSA) is 59.1 Å². The summed E-state index contributed by atoms with van der Waals surface area (Å²) in [5.74, 6) is -0.0402. The molecule has 0 aromatic heterocycles. The molecule has 1 aliphatic heterocycles. The molecule has 0 radical (unpaired) electrons. The SMILES string of the molecule is CN(CC1CCCN(C(=O)C=Cc2ccccc2OC(F)F)C1)C(=O)OC(C)(C)C. The van der Waals surface area contributed by atoms with Crippen molar-refractivity contribution >= 4 is 18.1 Å². The van der Waals surface area contributed by atoms with Crippen molar-refractivity contribution in [1.29, 1.82) is 0 Å². The Morgan fingerprint density at radius 2 is 2.00 bits per heavy atom. The monoisotopic (exact) mass is 424 g/mol. The molecule has 1 atom stereocenters. The Hall–Kier alpha value is -2.64. The van der Waals surface area contributed by atoms with Gasteiger partial charge in [0.15, 0.2) is 0 Å². The number of hydrogen-bond acceptors (Lipinski definition) is 4. The number of amides is 2. The largest absolute Gasteiger partial charge is 0.444 e. The first-order valence-electron chi connectivity index (χ1n) is 10.00. The Kier molecular flexibility index (Phi) is 8.20. The normalized spacial score (nSPS) is 17.3. The summed E-state index contributed by atoms with van der Waals surface area (Å²) >= 11 is 0. The maximum atomic E-state index is 12.6. The molecule has 1 aromatic carbocycles. The summed E-state index contributed by atoms with van der Waals surface area (Å²) in [5, 5.41) is 0. The summed E-state index contributed by atoms with van der Waals surface area (Å²) in [5.41, 5.74) is -0.154. The van der Waals surface area contributed by atoms with Gasteiger partial charge in [0.2, 0.25) is 5.91 Å². The molecule has 6 nitrogen and oxygen atoms in total. The van der Waals surface area contributed by atoms with Gasteiger partial charge in [0, 0.05) is 38.3 Å². The molecule has 0 saturated carbocycles. The van der Waals surface area contributed by atoms with E-state index in [1.165, 1.54) is 23.1 Å². The maximum absolute atomic E-state index is 12.6. The molecule has 1 fully saturated rings. The summed E-state index contributed by atoms with van der Waals surface area (Å²) in [6.07, 6.45) is 4.20.